The molecule has 0 radical (unpaired) electrons. The number of hydrogen-bond donors (Lipinski definition) is 1. The molecule has 2 aromatic rings. The van der Waals surface area contributed by atoms with Crippen molar-refractivity contribution in [2.75, 3.05) is 13.1 Å². The molecule has 3 heterocycles. The first-order valence-corrected chi connectivity index (χ1v) is 5.77. The summed E-state index contributed by atoms with van der Waals surface area (Å²) in [5.74, 6) is 2.91. The molecule has 3 rings (SSSR count). The molecule has 1 aliphatic rings. The highest BCUT2D eigenvalue weighted by atomic mass is 16.5. The fourth-order valence-electron chi connectivity index (χ4n) is 1.96. The van der Waals surface area contributed by atoms with Gasteiger partial charge in [0.2, 0.25) is 11.7 Å². The lowest BCUT2D eigenvalue weighted by molar-refractivity contribution is 0.252. The van der Waals surface area contributed by atoms with Gasteiger partial charge in [-0.05, 0) is 19.0 Å². The maximum absolute atomic E-state index is 5.32. The van der Waals surface area contributed by atoms with Crippen LogP contribution in [0.4, 0.5) is 0 Å². The normalized spacial score (nSPS) is 18.0. The van der Waals surface area contributed by atoms with E-state index >= 15 is 0 Å². The highest BCUT2D eigenvalue weighted by molar-refractivity contribution is 5.42. The topological polar surface area (TPSA) is 68.8 Å². The summed E-state index contributed by atoms with van der Waals surface area (Å²) in [6.45, 7) is 4.18. The first-order valence-electron chi connectivity index (χ1n) is 5.77. The molecule has 0 aliphatic carbocycles. The van der Waals surface area contributed by atoms with Crippen LogP contribution in [-0.2, 0) is 7.05 Å². The van der Waals surface area contributed by atoms with E-state index in [1.807, 2.05) is 17.8 Å². The van der Waals surface area contributed by atoms with Crippen molar-refractivity contribution in [3.8, 4) is 11.6 Å². The highest BCUT2D eigenvalue weighted by Crippen LogP contribution is 2.26. The molecule has 2 aromatic heterocycles. The lowest BCUT2D eigenvalue weighted by Gasteiger charge is -2.30. The molecule has 90 valence electrons. The van der Waals surface area contributed by atoms with Crippen molar-refractivity contribution in [1.29, 1.82) is 0 Å². The molecule has 1 saturated heterocycles. The van der Waals surface area contributed by atoms with Crippen LogP contribution in [0.2, 0.25) is 0 Å². The molecule has 1 aliphatic heterocycles. The second-order valence-corrected chi connectivity index (χ2v) is 4.52. The van der Waals surface area contributed by atoms with Crippen LogP contribution in [0.15, 0.2) is 16.9 Å². The zero-order chi connectivity index (χ0) is 11.8. The van der Waals surface area contributed by atoms with E-state index in [2.05, 4.69) is 27.4 Å². The van der Waals surface area contributed by atoms with Crippen LogP contribution in [0.1, 0.15) is 18.7 Å². The van der Waals surface area contributed by atoms with Gasteiger partial charge in [0.15, 0.2) is 5.82 Å². The Labute approximate surface area is 99.0 Å². The monoisotopic (exact) mass is 233 g/mol. The van der Waals surface area contributed by atoms with Crippen LogP contribution in [0.3, 0.4) is 0 Å². The molecule has 0 aromatic carbocycles. The highest BCUT2D eigenvalue weighted by Gasteiger charge is 2.29. The van der Waals surface area contributed by atoms with E-state index in [0.29, 0.717) is 23.6 Å². The predicted molar refractivity (Wildman–Crippen MR) is 61.3 cm³/mol. The van der Waals surface area contributed by atoms with Crippen molar-refractivity contribution in [2.45, 2.75) is 12.8 Å². The molecule has 0 spiro atoms. The summed E-state index contributed by atoms with van der Waals surface area (Å²) >= 11 is 0. The van der Waals surface area contributed by atoms with Crippen LogP contribution < -0.4 is 5.32 Å². The average Bonchev–Trinajstić information content (AvgIpc) is 2.82. The zero-order valence-corrected chi connectivity index (χ0v) is 9.92. The van der Waals surface area contributed by atoms with Gasteiger partial charge >= 0.3 is 0 Å². The molecule has 1 unspecified atom stereocenters. The molecule has 1 fully saturated rings. The molecule has 0 amide bonds. The number of hydrogen-bond acceptors (Lipinski definition) is 5. The number of imidazole rings is 1. The summed E-state index contributed by atoms with van der Waals surface area (Å²) in [5.41, 5.74) is 0. The summed E-state index contributed by atoms with van der Waals surface area (Å²) in [6.07, 6.45) is 3.59. The molecule has 0 bridgehead atoms. The van der Waals surface area contributed by atoms with Gasteiger partial charge in [0.05, 0.1) is 0 Å². The van der Waals surface area contributed by atoms with E-state index in [1.165, 1.54) is 0 Å². The van der Waals surface area contributed by atoms with Crippen molar-refractivity contribution < 1.29 is 4.52 Å². The van der Waals surface area contributed by atoms with Gasteiger partial charge < -0.3 is 14.4 Å². The van der Waals surface area contributed by atoms with Gasteiger partial charge in [-0.2, -0.15) is 4.98 Å². The Morgan fingerprint density at radius 2 is 2.35 bits per heavy atom. The second-order valence-electron chi connectivity index (χ2n) is 4.52. The third-order valence-corrected chi connectivity index (χ3v) is 3.37. The van der Waals surface area contributed by atoms with E-state index in [9.17, 15) is 0 Å². The lowest BCUT2D eigenvalue weighted by Crippen LogP contribution is -2.44. The molecule has 6 nitrogen and oxygen atoms in total. The number of aryl methyl sites for hydroxylation is 1. The lowest BCUT2D eigenvalue weighted by atomic mass is 9.89. The molecule has 0 saturated carbocycles. The predicted octanol–water partition coefficient (Wildman–Crippen LogP) is 0.793. The Morgan fingerprint density at radius 3 is 2.94 bits per heavy atom. The van der Waals surface area contributed by atoms with Crippen molar-refractivity contribution in [1.82, 2.24) is 25.0 Å². The summed E-state index contributed by atoms with van der Waals surface area (Å²) in [6, 6.07) is 0. The number of nitrogens with one attached hydrogen (secondary N) is 1. The van der Waals surface area contributed by atoms with E-state index in [1.54, 1.807) is 6.20 Å². The maximum Gasteiger partial charge on any atom is 0.238 e. The zero-order valence-electron chi connectivity index (χ0n) is 9.92. The van der Waals surface area contributed by atoms with E-state index in [4.69, 9.17) is 4.52 Å². The van der Waals surface area contributed by atoms with Gasteiger partial charge in [-0.1, -0.05) is 12.1 Å². The van der Waals surface area contributed by atoms with Gasteiger partial charge in [-0.15, -0.1) is 0 Å². The minimum absolute atomic E-state index is 0.303. The summed E-state index contributed by atoms with van der Waals surface area (Å²) in [5, 5.41) is 7.24. The van der Waals surface area contributed by atoms with Gasteiger partial charge in [0, 0.05) is 25.4 Å². The molecule has 17 heavy (non-hydrogen) atoms. The minimum atomic E-state index is 0.303. The summed E-state index contributed by atoms with van der Waals surface area (Å²) in [7, 11) is 1.91. The van der Waals surface area contributed by atoms with Gasteiger partial charge in [-0.3, -0.25) is 0 Å². The van der Waals surface area contributed by atoms with E-state index in [-0.39, 0.29) is 0 Å². The summed E-state index contributed by atoms with van der Waals surface area (Å²) < 4.78 is 7.20. The molecular weight excluding hydrogens is 218 g/mol. The smallest absolute Gasteiger partial charge is 0.238 e. The van der Waals surface area contributed by atoms with Gasteiger partial charge in [0.25, 0.3) is 0 Å². The van der Waals surface area contributed by atoms with E-state index < -0.39 is 0 Å². The third-order valence-electron chi connectivity index (χ3n) is 3.37. The second kappa shape index (κ2) is 3.96. The maximum atomic E-state index is 5.32. The Kier molecular flexibility index (Phi) is 2.44. The first kappa shape index (κ1) is 10.5. The van der Waals surface area contributed by atoms with Crippen LogP contribution in [-0.4, -0.2) is 32.8 Å². The largest absolute Gasteiger partial charge is 0.339 e. The fraction of sp³-hybridized carbons (Fsp3) is 0.545. The first-order chi connectivity index (χ1) is 8.25. The van der Waals surface area contributed by atoms with Gasteiger partial charge in [-0.25, -0.2) is 4.98 Å². The van der Waals surface area contributed by atoms with Crippen molar-refractivity contribution in [3.05, 3.63) is 18.3 Å². The van der Waals surface area contributed by atoms with Crippen LogP contribution >= 0.6 is 0 Å². The van der Waals surface area contributed by atoms with Gasteiger partial charge in [0.1, 0.15) is 0 Å². The Bertz CT molecular complexity index is 513. The van der Waals surface area contributed by atoms with Crippen molar-refractivity contribution in [2.24, 2.45) is 13.0 Å². The molecule has 1 atom stereocenters. The van der Waals surface area contributed by atoms with Crippen LogP contribution in [0.25, 0.3) is 11.6 Å². The third kappa shape index (κ3) is 1.74. The van der Waals surface area contributed by atoms with E-state index in [0.717, 1.165) is 18.9 Å². The Hall–Kier alpha value is -1.69. The Balaban J connectivity index is 1.85. The molecular formula is C11H15N5O. The average molecular weight is 233 g/mol. The molecule has 1 N–H and O–H groups in total. The number of rotatable bonds is 3. The number of nitrogens with zero attached hydrogens (tertiary/aromatic N) is 4. The standard InChI is InChI=1S/C11H15N5O/c1-7(8-5-12-6-8)11-14-9(15-17-11)10-13-3-4-16(10)2/h3-4,7-8,12H,5-6H2,1-2H3. The Morgan fingerprint density at radius 1 is 1.53 bits per heavy atom. The fourth-order valence-corrected chi connectivity index (χ4v) is 1.96. The quantitative estimate of drug-likeness (QED) is 0.849. The van der Waals surface area contributed by atoms with Crippen LogP contribution in [0.5, 0.6) is 0 Å². The minimum Gasteiger partial charge on any atom is -0.339 e. The summed E-state index contributed by atoms with van der Waals surface area (Å²) in [4.78, 5) is 8.63. The van der Waals surface area contributed by atoms with Crippen molar-refractivity contribution >= 4 is 0 Å². The SMILES string of the molecule is CC(c1nc(-c2nccn2C)no1)C1CNC1. The van der Waals surface area contributed by atoms with Crippen LogP contribution in [0, 0.1) is 5.92 Å². The molecule has 6 heteroatoms. The number of aromatic nitrogens is 4. The van der Waals surface area contributed by atoms with Crippen molar-refractivity contribution in [3.63, 3.8) is 0 Å².